The van der Waals surface area contributed by atoms with E-state index in [0.717, 1.165) is 50.9 Å². The van der Waals surface area contributed by atoms with E-state index in [9.17, 15) is 0 Å². The third kappa shape index (κ3) is 5.17. The minimum Gasteiger partial charge on any atom is -0.485 e. The lowest BCUT2D eigenvalue weighted by Gasteiger charge is -2.11. The maximum atomic E-state index is 6.01. The van der Waals surface area contributed by atoms with Gasteiger partial charge < -0.3 is 9.30 Å². The first-order valence-electron chi connectivity index (χ1n) is 10.3. The highest BCUT2D eigenvalue weighted by Gasteiger charge is 2.14. The molecular formula is C24H26N4OS2. The van der Waals surface area contributed by atoms with Crippen molar-refractivity contribution in [2.45, 2.75) is 51.8 Å². The van der Waals surface area contributed by atoms with Gasteiger partial charge in [0.15, 0.2) is 11.0 Å². The highest BCUT2D eigenvalue weighted by molar-refractivity contribution is 7.98. The summed E-state index contributed by atoms with van der Waals surface area (Å²) in [5.41, 5.74) is 5.84. The lowest BCUT2D eigenvalue weighted by Crippen LogP contribution is -2.07. The number of thiazole rings is 1. The molecule has 2 aromatic heterocycles. The van der Waals surface area contributed by atoms with Crippen LogP contribution in [0.5, 0.6) is 5.75 Å². The molecule has 0 aliphatic heterocycles. The van der Waals surface area contributed by atoms with E-state index in [0.29, 0.717) is 6.61 Å². The van der Waals surface area contributed by atoms with Crippen molar-refractivity contribution < 1.29 is 4.74 Å². The monoisotopic (exact) mass is 450 g/mol. The fourth-order valence-electron chi connectivity index (χ4n) is 3.29. The number of benzene rings is 2. The average molecular weight is 451 g/mol. The van der Waals surface area contributed by atoms with E-state index in [4.69, 9.17) is 9.72 Å². The summed E-state index contributed by atoms with van der Waals surface area (Å²) in [6.45, 7) is 9.55. The van der Waals surface area contributed by atoms with Gasteiger partial charge in [-0.2, -0.15) is 0 Å². The van der Waals surface area contributed by atoms with Gasteiger partial charge in [0.1, 0.15) is 17.4 Å². The van der Waals surface area contributed by atoms with Crippen molar-refractivity contribution in [1.82, 2.24) is 19.7 Å². The van der Waals surface area contributed by atoms with Gasteiger partial charge in [-0.05, 0) is 39.3 Å². The Labute approximate surface area is 191 Å². The standard InChI is InChI=1S/C24H26N4OS2/c1-5-28-22(13-29-21-11-8-17(3)12-18(21)4)26-27-24(28)31-15-20-14-30-23(25-20)19-9-6-16(2)7-10-19/h6-12,14H,5,13,15H2,1-4H3. The van der Waals surface area contributed by atoms with E-state index in [1.807, 2.05) is 6.07 Å². The summed E-state index contributed by atoms with van der Waals surface area (Å²) in [6.07, 6.45) is 0. The van der Waals surface area contributed by atoms with E-state index >= 15 is 0 Å². The molecule has 0 atom stereocenters. The molecule has 2 aromatic carbocycles. The van der Waals surface area contributed by atoms with Crippen molar-refractivity contribution in [2.24, 2.45) is 0 Å². The Balaban J connectivity index is 1.40. The summed E-state index contributed by atoms with van der Waals surface area (Å²) in [5, 5.41) is 12.8. The number of hydrogen-bond acceptors (Lipinski definition) is 6. The van der Waals surface area contributed by atoms with E-state index in [1.165, 1.54) is 11.1 Å². The minimum atomic E-state index is 0.402. The molecule has 0 fully saturated rings. The minimum absolute atomic E-state index is 0.402. The SMILES string of the molecule is CCn1c(COc2ccc(C)cc2C)nnc1SCc1csc(-c2ccc(C)cc2)n1. The molecule has 0 aliphatic carbocycles. The average Bonchev–Trinajstić information content (AvgIpc) is 3.39. The maximum absolute atomic E-state index is 6.01. The van der Waals surface area contributed by atoms with Gasteiger partial charge in [-0.15, -0.1) is 21.5 Å². The first-order valence-corrected chi connectivity index (χ1v) is 12.2. The van der Waals surface area contributed by atoms with Crippen LogP contribution >= 0.6 is 23.1 Å². The molecule has 0 aliphatic rings. The Kier molecular flexibility index (Phi) is 6.73. The number of ether oxygens (including phenoxy) is 1. The Morgan fingerprint density at radius 2 is 1.77 bits per heavy atom. The quantitative estimate of drug-likeness (QED) is 0.298. The van der Waals surface area contributed by atoms with Crippen LogP contribution in [0.4, 0.5) is 0 Å². The number of thioether (sulfide) groups is 1. The molecule has 0 bridgehead atoms. The molecule has 31 heavy (non-hydrogen) atoms. The predicted octanol–water partition coefficient (Wildman–Crippen LogP) is 6.22. The maximum Gasteiger partial charge on any atom is 0.191 e. The number of rotatable bonds is 8. The van der Waals surface area contributed by atoms with Crippen molar-refractivity contribution in [2.75, 3.05) is 0 Å². The summed E-state index contributed by atoms with van der Waals surface area (Å²) in [6, 6.07) is 14.7. The molecule has 0 N–H and O–H groups in total. The van der Waals surface area contributed by atoms with Gasteiger partial charge in [0, 0.05) is 23.2 Å². The third-order valence-corrected chi connectivity index (χ3v) is 6.94. The fourth-order valence-corrected chi connectivity index (χ4v) is 5.14. The molecule has 0 amide bonds. The van der Waals surface area contributed by atoms with Crippen LogP contribution in [0.3, 0.4) is 0 Å². The van der Waals surface area contributed by atoms with Crippen molar-refractivity contribution in [1.29, 1.82) is 0 Å². The second-order valence-corrected chi connectivity index (χ2v) is 9.30. The fraction of sp³-hybridized carbons (Fsp3) is 0.292. The van der Waals surface area contributed by atoms with Crippen molar-refractivity contribution in [3.63, 3.8) is 0 Å². The second-order valence-electron chi connectivity index (χ2n) is 7.50. The summed E-state index contributed by atoms with van der Waals surface area (Å²) in [5.74, 6) is 2.48. The topological polar surface area (TPSA) is 52.8 Å². The van der Waals surface area contributed by atoms with Crippen LogP contribution in [0.1, 0.15) is 35.1 Å². The van der Waals surface area contributed by atoms with Gasteiger partial charge in [0.25, 0.3) is 0 Å². The second kappa shape index (κ2) is 9.66. The van der Waals surface area contributed by atoms with Gasteiger partial charge in [-0.25, -0.2) is 4.98 Å². The first kappa shape index (κ1) is 21.6. The van der Waals surface area contributed by atoms with Crippen LogP contribution < -0.4 is 4.74 Å². The van der Waals surface area contributed by atoms with Crippen LogP contribution in [0.15, 0.2) is 53.0 Å². The number of aryl methyl sites for hydroxylation is 3. The Hall–Kier alpha value is -2.64. The van der Waals surface area contributed by atoms with Crippen molar-refractivity contribution in [3.05, 3.63) is 76.1 Å². The Morgan fingerprint density at radius 3 is 2.52 bits per heavy atom. The van der Waals surface area contributed by atoms with Crippen LogP contribution in [-0.4, -0.2) is 19.7 Å². The number of aromatic nitrogens is 4. The van der Waals surface area contributed by atoms with Crippen LogP contribution in [0, 0.1) is 20.8 Å². The van der Waals surface area contributed by atoms with Crippen LogP contribution in [-0.2, 0) is 18.9 Å². The molecule has 5 nitrogen and oxygen atoms in total. The highest BCUT2D eigenvalue weighted by atomic mass is 32.2. The Bertz CT molecular complexity index is 1160. The summed E-state index contributed by atoms with van der Waals surface area (Å²) in [7, 11) is 0. The molecule has 4 aromatic rings. The van der Waals surface area contributed by atoms with Gasteiger partial charge in [-0.1, -0.05) is 59.3 Å². The first-order chi connectivity index (χ1) is 15.0. The highest BCUT2D eigenvalue weighted by Crippen LogP contribution is 2.28. The lowest BCUT2D eigenvalue weighted by molar-refractivity contribution is 0.286. The molecule has 2 heterocycles. The lowest BCUT2D eigenvalue weighted by atomic mass is 10.1. The van der Waals surface area contributed by atoms with Gasteiger partial charge in [-0.3, -0.25) is 0 Å². The number of hydrogen-bond donors (Lipinski definition) is 0. The van der Waals surface area contributed by atoms with Gasteiger partial charge in [0.2, 0.25) is 0 Å². The predicted molar refractivity (Wildman–Crippen MR) is 128 cm³/mol. The molecular weight excluding hydrogens is 424 g/mol. The van der Waals surface area contributed by atoms with Gasteiger partial charge in [0.05, 0.1) is 5.69 Å². The largest absolute Gasteiger partial charge is 0.485 e. The molecule has 0 unspecified atom stereocenters. The molecule has 0 radical (unpaired) electrons. The smallest absolute Gasteiger partial charge is 0.191 e. The molecule has 0 saturated heterocycles. The molecule has 0 saturated carbocycles. The number of nitrogens with zero attached hydrogens (tertiary/aromatic N) is 4. The molecule has 7 heteroatoms. The summed E-state index contributed by atoms with van der Waals surface area (Å²) >= 11 is 3.34. The van der Waals surface area contributed by atoms with Gasteiger partial charge >= 0.3 is 0 Å². The third-order valence-electron chi connectivity index (χ3n) is 5.00. The van der Waals surface area contributed by atoms with E-state index in [-0.39, 0.29) is 0 Å². The van der Waals surface area contributed by atoms with E-state index in [2.05, 4.69) is 84.2 Å². The zero-order valence-corrected chi connectivity index (χ0v) is 19.9. The molecule has 160 valence electrons. The van der Waals surface area contributed by atoms with E-state index in [1.54, 1.807) is 23.1 Å². The summed E-state index contributed by atoms with van der Waals surface area (Å²) < 4.78 is 8.13. The Morgan fingerprint density at radius 1 is 1.00 bits per heavy atom. The van der Waals surface area contributed by atoms with Crippen LogP contribution in [0.25, 0.3) is 10.6 Å². The molecule has 0 spiro atoms. The van der Waals surface area contributed by atoms with E-state index < -0.39 is 0 Å². The normalized spacial score (nSPS) is 11.1. The van der Waals surface area contributed by atoms with Crippen molar-refractivity contribution in [3.8, 4) is 16.3 Å². The van der Waals surface area contributed by atoms with Crippen LogP contribution in [0.2, 0.25) is 0 Å². The zero-order valence-electron chi connectivity index (χ0n) is 18.3. The zero-order chi connectivity index (χ0) is 21.8. The van der Waals surface area contributed by atoms with Crippen molar-refractivity contribution >= 4 is 23.1 Å². The summed E-state index contributed by atoms with van der Waals surface area (Å²) in [4.78, 5) is 4.80. The molecule has 4 rings (SSSR count).